The van der Waals surface area contributed by atoms with Crippen molar-refractivity contribution in [2.75, 3.05) is 0 Å². The summed E-state index contributed by atoms with van der Waals surface area (Å²) in [6, 6.07) is 3.64. The maximum absolute atomic E-state index is 14.0. The molecule has 2 nitrogen and oxygen atoms in total. The molecule has 1 aromatic carbocycles. The predicted molar refractivity (Wildman–Crippen MR) is 98.5 cm³/mol. The van der Waals surface area contributed by atoms with E-state index >= 15 is 0 Å². The molecule has 0 saturated heterocycles. The number of pyridine rings is 1. The van der Waals surface area contributed by atoms with Gasteiger partial charge in [-0.25, -0.2) is 8.78 Å². The van der Waals surface area contributed by atoms with Gasteiger partial charge in [-0.1, -0.05) is 58.3 Å². The molecule has 1 heterocycles. The summed E-state index contributed by atoms with van der Waals surface area (Å²) >= 11 is 0. The number of unbranched alkanes of at least 4 members (excludes halogenated alkanes) is 8. The molecule has 0 atom stereocenters. The zero-order valence-corrected chi connectivity index (χ0v) is 15.4. The van der Waals surface area contributed by atoms with Gasteiger partial charge < -0.3 is 5.21 Å². The quantitative estimate of drug-likeness (QED) is 0.288. The summed E-state index contributed by atoms with van der Waals surface area (Å²) in [6.45, 7) is 3.95. The molecule has 2 aromatic rings. The lowest BCUT2D eigenvalue weighted by Gasteiger charge is -2.11. The smallest absolute Gasteiger partial charge is 0.229 e. The Kier molecular flexibility index (Phi) is 7.60. The van der Waals surface area contributed by atoms with E-state index in [4.69, 9.17) is 0 Å². The minimum atomic E-state index is -0.722. The zero-order chi connectivity index (χ0) is 18.2. The molecule has 138 valence electrons. The lowest BCUT2D eigenvalue weighted by atomic mass is 10.0. The number of aromatic nitrogens is 1. The fourth-order valence-electron chi connectivity index (χ4n) is 3.35. The fourth-order valence-corrected chi connectivity index (χ4v) is 3.35. The summed E-state index contributed by atoms with van der Waals surface area (Å²) in [5, 5.41) is 12.5. The monoisotopic (exact) mass is 349 g/mol. The van der Waals surface area contributed by atoms with E-state index in [9.17, 15) is 14.0 Å². The van der Waals surface area contributed by atoms with Gasteiger partial charge in [0.1, 0.15) is 11.6 Å². The minimum Gasteiger partial charge on any atom is -0.618 e. The highest BCUT2D eigenvalue weighted by Gasteiger charge is 2.17. The highest BCUT2D eigenvalue weighted by atomic mass is 19.1. The minimum absolute atomic E-state index is 0.0610. The van der Waals surface area contributed by atoms with Gasteiger partial charge in [0.05, 0.1) is 5.39 Å². The zero-order valence-electron chi connectivity index (χ0n) is 15.4. The average molecular weight is 349 g/mol. The number of fused-ring (bicyclic) bond motifs is 1. The van der Waals surface area contributed by atoms with Crippen molar-refractivity contribution in [2.45, 2.75) is 78.1 Å². The molecule has 0 unspecified atom stereocenters. The van der Waals surface area contributed by atoms with E-state index in [1.165, 1.54) is 44.9 Å². The number of rotatable bonds is 10. The maximum atomic E-state index is 14.0. The first-order chi connectivity index (χ1) is 12.0. The summed E-state index contributed by atoms with van der Waals surface area (Å²) in [4.78, 5) is 0. The van der Waals surface area contributed by atoms with Crippen molar-refractivity contribution < 1.29 is 13.5 Å². The number of halogens is 2. The number of hydrogen-bond donors (Lipinski definition) is 0. The molecule has 0 aliphatic heterocycles. The third-order valence-corrected chi connectivity index (χ3v) is 4.93. The molecule has 0 radical (unpaired) electrons. The highest BCUT2D eigenvalue weighted by molar-refractivity contribution is 5.77. The van der Waals surface area contributed by atoms with Crippen LogP contribution in [0.15, 0.2) is 18.2 Å². The van der Waals surface area contributed by atoms with Crippen LogP contribution in [0, 0.1) is 23.8 Å². The average Bonchev–Trinajstić information content (AvgIpc) is 2.58. The molecule has 4 heteroatoms. The largest absolute Gasteiger partial charge is 0.618 e. The van der Waals surface area contributed by atoms with E-state index in [1.54, 1.807) is 13.0 Å². The Balaban J connectivity index is 1.88. The highest BCUT2D eigenvalue weighted by Crippen LogP contribution is 2.21. The van der Waals surface area contributed by atoms with Gasteiger partial charge in [-0.2, -0.15) is 4.73 Å². The standard InChI is InChI=1S/C21H29F2NO/c1-3-4-5-6-7-8-9-10-11-12-17-13-19-20(23)14-18(22)15-21(19)24(25)16(17)2/h13-15H,3-12H2,1-2H3. The van der Waals surface area contributed by atoms with Crippen LogP contribution in [0.1, 0.15) is 76.0 Å². The van der Waals surface area contributed by atoms with Crippen molar-refractivity contribution in [1.29, 1.82) is 0 Å². The number of nitrogens with zero attached hydrogens (tertiary/aromatic N) is 1. The van der Waals surface area contributed by atoms with Crippen LogP contribution in [0.4, 0.5) is 8.78 Å². The van der Waals surface area contributed by atoms with Crippen LogP contribution in [-0.2, 0) is 6.42 Å². The van der Waals surface area contributed by atoms with Gasteiger partial charge in [-0.05, 0) is 18.9 Å². The molecule has 0 spiro atoms. The fraction of sp³-hybridized carbons (Fsp3) is 0.571. The van der Waals surface area contributed by atoms with Gasteiger partial charge in [0.2, 0.25) is 5.52 Å². The van der Waals surface area contributed by atoms with Gasteiger partial charge in [0.15, 0.2) is 5.69 Å². The van der Waals surface area contributed by atoms with Crippen molar-refractivity contribution in [1.82, 2.24) is 0 Å². The van der Waals surface area contributed by atoms with Crippen molar-refractivity contribution in [3.8, 4) is 0 Å². The van der Waals surface area contributed by atoms with Crippen molar-refractivity contribution in [3.05, 3.63) is 46.3 Å². The molecule has 1 aromatic heterocycles. The van der Waals surface area contributed by atoms with Crippen LogP contribution < -0.4 is 4.73 Å². The lowest BCUT2D eigenvalue weighted by molar-refractivity contribution is -0.584. The van der Waals surface area contributed by atoms with Crippen LogP contribution in [-0.4, -0.2) is 0 Å². The maximum Gasteiger partial charge on any atom is 0.229 e. The van der Waals surface area contributed by atoms with Crippen LogP contribution in [0.3, 0.4) is 0 Å². The SMILES string of the molecule is CCCCCCCCCCCc1cc2c(F)cc(F)cc2[n+]([O-])c1C. The van der Waals surface area contributed by atoms with E-state index < -0.39 is 11.6 Å². The lowest BCUT2D eigenvalue weighted by Crippen LogP contribution is -2.32. The molecule has 25 heavy (non-hydrogen) atoms. The van der Waals surface area contributed by atoms with Gasteiger partial charge in [-0.3, -0.25) is 0 Å². The predicted octanol–water partition coefficient (Wildman–Crippen LogP) is 6.13. The first-order valence-corrected chi connectivity index (χ1v) is 9.55. The third-order valence-electron chi connectivity index (χ3n) is 4.93. The van der Waals surface area contributed by atoms with Gasteiger partial charge >= 0.3 is 0 Å². The molecule has 0 fully saturated rings. The molecule has 2 rings (SSSR count). The third kappa shape index (κ3) is 5.38. The van der Waals surface area contributed by atoms with Crippen molar-refractivity contribution >= 4 is 10.9 Å². The molecule has 0 saturated carbocycles. The Hall–Kier alpha value is -1.71. The topological polar surface area (TPSA) is 26.9 Å². The summed E-state index contributed by atoms with van der Waals surface area (Å²) in [5.74, 6) is -1.39. The Morgan fingerprint density at radius 1 is 0.880 bits per heavy atom. The molecule has 0 amide bonds. The Labute approximate surface area is 149 Å². The second kappa shape index (κ2) is 9.69. The van der Waals surface area contributed by atoms with Gasteiger partial charge in [-0.15, -0.1) is 0 Å². The Morgan fingerprint density at radius 2 is 1.48 bits per heavy atom. The van der Waals surface area contributed by atoms with E-state index in [-0.39, 0.29) is 10.9 Å². The summed E-state index contributed by atoms with van der Waals surface area (Å²) in [7, 11) is 0. The molecule has 0 aliphatic carbocycles. The van der Waals surface area contributed by atoms with E-state index in [2.05, 4.69) is 6.92 Å². The Bertz CT molecular complexity index is 700. The number of aryl methyl sites for hydroxylation is 1. The van der Waals surface area contributed by atoms with Crippen molar-refractivity contribution in [2.24, 2.45) is 0 Å². The van der Waals surface area contributed by atoms with E-state index in [1.807, 2.05) is 0 Å². The van der Waals surface area contributed by atoms with Crippen molar-refractivity contribution in [3.63, 3.8) is 0 Å². The second-order valence-corrected chi connectivity index (χ2v) is 6.95. The van der Waals surface area contributed by atoms with Crippen LogP contribution in [0.5, 0.6) is 0 Å². The Morgan fingerprint density at radius 3 is 2.12 bits per heavy atom. The first-order valence-electron chi connectivity index (χ1n) is 9.55. The summed E-state index contributed by atoms with van der Waals surface area (Å²) in [5.41, 5.74) is 1.46. The van der Waals surface area contributed by atoms with E-state index in [0.29, 0.717) is 10.4 Å². The summed E-state index contributed by atoms with van der Waals surface area (Å²) < 4.78 is 28.0. The van der Waals surface area contributed by atoms with Crippen LogP contribution in [0.2, 0.25) is 0 Å². The van der Waals surface area contributed by atoms with Gasteiger partial charge in [0.25, 0.3) is 0 Å². The van der Waals surface area contributed by atoms with E-state index in [0.717, 1.165) is 37.0 Å². The normalized spacial score (nSPS) is 11.4. The summed E-state index contributed by atoms with van der Waals surface area (Å²) in [6.07, 6.45) is 11.9. The van der Waals surface area contributed by atoms with Crippen LogP contribution in [0.25, 0.3) is 10.9 Å². The van der Waals surface area contributed by atoms with Gasteiger partial charge in [0, 0.05) is 24.6 Å². The molecule has 0 N–H and O–H groups in total. The van der Waals surface area contributed by atoms with Crippen LogP contribution >= 0.6 is 0 Å². The molecule has 0 aliphatic rings. The number of hydrogen-bond acceptors (Lipinski definition) is 1. The molecular weight excluding hydrogens is 320 g/mol. The molecule has 0 bridgehead atoms. The second-order valence-electron chi connectivity index (χ2n) is 6.95. The first kappa shape index (κ1) is 19.6. The molecular formula is C21H29F2NO. The number of benzene rings is 1.